The zero-order valence-corrected chi connectivity index (χ0v) is 35.5. The van der Waals surface area contributed by atoms with Crippen LogP contribution in [0.15, 0.2) is 237 Å². The zero-order valence-electron chi connectivity index (χ0n) is 35.5. The van der Waals surface area contributed by atoms with Gasteiger partial charge in [0.25, 0.3) is 0 Å². The zero-order chi connectivity index (χ0) is 42.1. The molecule has 1 nitrogen and oxygen atoms in total. The van der Waals surface area contributed by atoms with Crippen LogP contribution in [0, 0.1) is 0 Å². The maximum absolute atomic E-state index is 2.58. The third-order valence-corrected chi connectivity index (χ3v) is 13.9. The van der Waals surface area contributed by atoms with Gasteiger partial charge in [0.2, 0.25) is 0 Å². The van der Waals surface area contributed by atoms with E-state index < -0.39 is 5.41 Å². The van der Waals surface area contributed by atoms with Crippen molar-refractivity contribution in [2.45, 2.75) is 24.7 Å². The van der Waals surface area contributed by atoms with Crippen LogP contribution in [0.25, 0.3) is 55.3 Å². The van der Waals surface area contributed by atoms with Gasteiger partial charge in [0.1, 0.15) is 0 Å². The maximum atomic E-state index is 2.58. The monoisotopic (exact) mass is 803 g/mol. The first-order chi connectivity index (χ1) is 31.0. The SMILES string of the molecule is CC1(C)c2ccccc2-c2c(N(c3ccc4c(c3)C(c3ccccc3)(c3ccccc3)c3ccccc3-4)c3cccc(-c4ccc5ccccc5c4)c3-c3ccccc3)cccc21. The summed E-state index contributed by atoms with van der Waals surface area (Å²) in [6, 6.07) is 88.0. The number of rotatable bonds is 7. The molecular formula is C62H45N. The number of fused-ring (bicyclic) bond motifs is 7. The van der Waals surface area contributed by atoms with Crippen LogP contribution in [0.2, 0.25) is 0 Å². The average molecular weight is 804 g/mol. The molecule has 10 aromatic carbocycles. The van der Waals surface area contributed by atoms with Crippen molar-refractivity contribution < 1.29 is 0 Å². The molecule has 10 aromatic rings. The van der Waals surface area contributed by atoms with E-state index in [9.17, 15) is 0 Å². The summed E-state index contributed by atoms with van der Waals surface area (Å²) >= 11 is 0. The third kappa shape index (κ3) is 5.56. The summed E-state index contributed by atoms with van der Waals surface area (Å²) in [5, 5.41) is 2.47. The lowest BCUT2D eigenvalue weighted by Crippen LogP contribution is -2.28. The van der Waals surface area contributed by atoms with Crippen LogP contribution in [0.5, 0.6) is 0 Å². The van der Waals surface area contributed by atoms with E-state index in [4.69, 9.17) is 0 Å². The fourth-order valence-electron chi connectivity index (χ4n) is 11.1. The molecule has 0 fully saturated rings. The van der Waals surface area contributed by atoms with Gasteiger partial charge >= 0.3 is 0 Å². The maximum Gasteiger partial charge on any atom is 0.0714 e. The van der Waals surface area contributed by atoms with Gasteiger partial charge in [-0.3, -0.25) is 0 Å². The van der Waals surface area contributed by atoms with Crippen LogP contribution in [-0.4, -0.2) is 0 Å². The second-order valence-electron chi connectivity index (χ2n) is 17.6. The van der Waals surface area contributed by atoms with Crippen LogP contribution < -0.4 is 4.90 Å². The van der Waals surface area contributed by atoms with E-state index in [1.807, 2.05) is 0 Å². The number of hydrogen-bond donors (Lipinski definition) is 0. The van der Waals surface area contributed by atoms with Gasteiger partial charge in [-0.2, -0.15) is 0 Å². The van der Waals surface area contributed by atoms with Crippen LogP contribution in [0.4, 0.5) is 17.1 Å². The molecule has 2 aliphatic carbocycles. The minimum absolute atomic E-state index is 0.168. The van der Waals surface area contributed by atoms with Crippen LogP contribution in [0.3, 0.4) is 0 Å². The molecular weight excluding hydrogens is 759 g/mol. The standard InChI is InChI=1S/C62H45N/c1-61(2)53-31-16-15-29-52(53)60-55(61)33-19-35-58(60)63(57-34-18-30-49(59(57)43-21-6-3-7-22-43)45-37-36-42-20-12-13-23-44(42)40-45)48-38-39-51-50-28-14-17-32-54(50)62(56(51)41-48,46-24-8-4-9-25-46)47-26-10-5-11-27-47/h3-41H,1-2H3. The Morgan fingerprint density at radius 3 is 1.59 bits per heavy atom. The van der Waals surface area contributed by atoms with Gasteiger partial charge in [-0.1, -0.05) is 220 Å². The second kappa shape index (κ2) is 14.4. The lowest BCUT2D eigenvalue weighted by atomic mass is 9.67. The first-order valence-corrected chi connectivity index (χ1v) is 22.1. The predicted octanol–water partition coefficient (Wildman–Crippen LogP) is 16.3. The highest BCUT2D eigenvalue weighted by molar-refractivity contribution is 6.03. The Morgan fingerprint density at radius 2 is 0.857 bits per heavy atom. The quantitative estimate of drug-likeness (QED) is 0.155. The minimum Gasteiger partial charge on any atom is -0.309 e. The van der Waals surface area contributed by atoms with Gasteiger partial charge in [-0.05, 0) is 108 Å². The fraction of sp³-hybridized carbons (Fsp3) is 0.0645. The Balaban J connectivity index is 1.20. The molecule has 0 spiro atoms. The summed E-state index contributed by atoms with van der Waals surface area (Å²) < 4.78 is 0. The average Bonchev–Trinajstić information content (AvgIpc) is 3.78. The van der Waals surface area contributed by atoms with Crippen molar-refractivity contribution in [2.75, 3.05) is 4.90 Å². The Labute approximate surface area is 370 Å². The Morgan fingerprint density at radius 1 is 0.317 bits per heavy atom. The molecule has 1 heteroatoms. The highest BCUT2D eigenvalue weighted by Gasteiger charge is 2.46. The lowest BCUT2D eigenvalue weighted by molar-refractivity contribution is 0.660. The van der Waals surface area contributed by atoms with Crippen molar-refractivity contribution in [1.29, 1.82) is 0 Å². The first-order valence-electron chi connectivity index (χ1n) is 22.1. The number of anilines is 3. The van der Waals surface area contributed by atoms with Gasteiger partial charge in [-0.25, -0.2) is 0 Å². The molecule has 0 saturated heterocycles. The van der Waals surface area contributed by atoms with E-state index in [1.54, 1.807) is 0 Å². The van der Waals surface area contributed by atoms with E-state index in [-0.39, 0.29) is 5.41 Å². The highest BCUT2D eigenvalue weighted by atomic mass is 15.1. The topological polar surface area (TPSA) is 3.24 Å². The molecule has 0 radical (unpaired) electrons. The summed E-state index contributed by atoms with van der Waals surface area (Å²) in [7, 11) is 0. The van der Waals surface area contributed by atoms with Crippen molar-refractivity contribution in [2.24, 2.45) is 0 Å². The van der Waals surface area contributed by atoms with Gasteiger partial charge in [0.15, 0.2) is 0 Å². The van der Waals surface area contributed by atoms with Crippen LogP contribution in [-0.2, 0) is 10.8 Å². The number of benzene rings is 10. The smallest absolute Gasteiger partial charge is 0.0714 e. The van der Waals surface area contributed by atoms with E-state index in [2.05, 4.69) is 255 Å². The molecule has 0 aliphatic heterocycles. The molecule has 0 bridgehead atoms. The van der Waals surface area contributed by atoms with Gasteiger partial charge in [0.05, 0.1) is 16.8 Å². The molecule has 12 rings (SSSR count). The summed E-state index contributed by atoms with van der Waals surface area (Å²) in [6.45, 7) is 4.75. The fourth-order valence-corrected chi connectivity index (χ4v) is 11.1. The molecule has 0 unspecified atom stereocenters. The highest BCUT2D eigenvalue weighted by Crippen LogP contribution is 2.59. The molecule has 0 heterocycles. The predicted molar refractivity (Wildman–Crippen MR) is 264 cm³/mol. The Bertz CT molecular complexity index is 3320. The van der Waals surface area contributed by atoms with Crippen molar-refractivity contribution in [3.63, 3.8) is 0 Å². The third-order valence-electron chi connectivity index (χ3n) is 13.9. The Hall–Kier alpha value is -7.74. The van der Waals surface area contributed by atoms with Crippen LogP contribution >= 0.6 is 0 Å². The summed E-state index contributed by atoms with van der Waals surface area (Å²) in [4.78, 5) is 2.58. The molecule has 298 valence electrons. The molecule has 0 amide bonds. The molecule has 0 atom stereocenters. The number of nitrogens with zero attached hydrogens (tertiary/aromatic N) is 1. The largest absolute Gasteiger partial charge is 0.309 e. The normalized spacial score (nSPS) is 13.8. The van der Waals surface area contributed by atoms with Gasteiger partial charge < -0.3 is 4.90 Å². The van der Waals surface area contributed by atoms with E-state index >= 15 is 0 Å². The summed E-state index contributed by atoms with van der Waals surface area (Å²) in [5.74, 6) is 0. The second-order valence-corrected chi connectivity index (χ2v) is 17.6. The van der Waals surface area contributed by atoms with E-state index in [1.165, 1.54) is 94.3 Å². The molecule has 0 aromatic heterocycles. The molecule has 63 heavy (non-hydrogen) atoms. The summed E-state index contributed by atoms with van der Waals surface area (Å²) in [5.41, 5.74) is 20.4. The lowest BCUT2D eigenvalue weighted by Gasteiger charge is -2.35. The Kier molecular flexibility index (Phi) is 8.49. The van der Waals surface area contributed by atoms with Crippen molar-refractivity contribution in [3.8, 4) is 44.5 Å². The van der Waals surface area contributed by atoms with Gasteiger partial charge in [0, 0.05) is 22.2 Å². The molecule has 0 saturated carbocycles. The van der Waals surface area contributed by atoms with Crippen LogP contribution in [0.1, 0.15) is 47.2 Å². The summed E-state index contributed by atoms with van der Waals surface area (Å²) in [6.07, 6.45) is 0. The minimum atomic E-state index is -0.543. The van der Waals surface area contributed by atoms with E-state index in [0.29, 0.717) is 0 Å². The molecule has 0 N–H and O–H groups in total. The van der Waals surface area contributed by atoms with Crippen molar-refractivity contribution in [1.82, 2.24) is 0 Å². The van der Waals surface area contributed by atoms with Gasteiger partial charge in [-0.15, -0.1) is 0 Å². The number of hydrogen-bond acceptors (Lipinski definition) is 1. The van der Waals surface area contributed by atoms with Crippen molar-refractivity contribution in [3.05, 3.63) is 270 Å². The first kappa shape index (κ1) is 37.1. The van der Waals surface area contributed by atoms with E-state index in [0.717, 1.165) is 11.4 Å². The van der Waals surface area contributed by atoms with Crippen molar-refractivity contribution >= 4 is 27.8 Å². The molecule has 2 aliphatic rings.